The molecule has 34 heavy (non-hydrogen) atoms. The Hall–Kier alpha value is -3.80. The lowest BCUT2D eigenvalue weighted by Crippen LogP contribution is -2.43. The van der Waals surface area contributed by atoms with Gasteiger partial charge in [-0.1, -0.05) is 48.5 Å². The van der Waals surface area contributed by atoms with Crippen LogP contribution in [0.4, 0.5) is 0 Å². The highest BCUT2D eigenvalue weighted by Gasteiger charge is 2.29. The van der Waals surface area contributed by atoms with E-state index in [1.165, 1.54) is 0 Å². The van der Waals surface area contributed by atoms with E-state index in [1.807, 2.05) is 78.6 Å². The number of para-hydroxylation sites is 1. The third kappa shape index (κ3) is 4.12. The molecule has 6 nitrogen and oxygen atoms in total. The van der Waals surface area contributed by atoms with E-state index in [9.17, 15) is 9.59 Å². The van der Waals surface area contributed by atoms with Gasteiger partial charge < -0.3 is 19.4 Å². The van der Waals surface area contributed by atoms with Gasteiger partial charge >= 0.3 is 0 Å². The smallest absolute Gasteiger partial charge is 0.254 e. The van der Waals surface area contributed by atoms with Gasteiger partial charge in [-0.25, -0.2) is 0 Å². The Morgan fingerprint density at radius 1 is 1.00 bits per heavy atom. The number of furan rings is 1. The Labute approximate surface area is 198 Å². The van der Waals surface area contributed by atoms with Gasteiger partial charge in [0.15, 0.2) is 11.3 Å². The summed E-state index contributed by atoms with van der Waals surface area (Å²) in [7, 11) is 1.61. The Balaban J connectivity index is 1.22. The van der Waals surface area contributed by atoms with Crippen molar-refractivity contribution in [3.8, 4) is 5.75 Å². The van der Waals surface area contributed by atoms with Crippen LogP contribution in [0.15, 0.2) is 71.1 Å². The van der Waals surface area contributed by atoms with Crippen LogP contribution in [0.2, 0.25) is 0 Å². The number of methoxy groups -OCH3 is 1. The molecule has 0 radical (unpaired) electrons. The van der Waals surface area contributed by atoms with Crippen molar-refractivity contribution >= 4 is 33.6 Å². The number of benzene rings is 3. The maximum Gasteiger partial charge on any atom is 0.254 e. The fourth-order valence-corrected chi connectivity index (χ4v) is 4.76. The van der Waals surface area contributed by atoms with E-state index in [2.05, 4.69) is 5.32 Å². The fraction of sp³-hybridized carbons (Fsp3) is 0.286. The van der Waals surface area contributed by atoms with Crippen LogP contribution in [-0.2, 0) is 4.79 Å². The van der Waals surface area contributed by atoms with Gasteiger partial charge in [-0.05, 0) is 48.7 Å². The van der Waals surface area contributed by atoms with Crippen LogP contribution in [0.3, 0.4) is 0 Å². The van der Waals surface area contributed by atoms with Crippen LogP contribution in [0.5, 0.6) is 5.75 Å². The van der Waals surface area contributed by atoms with E-state index >= 15 is 0 Å². The van der Waals surface area contributed by atoms with Crippen LogP contribution < -0.4 is 10.1 Å². The number of ether oxygens (including phenoxy) is 1. The zero-order valence-corrected chi connectivity index (χ0v) is 19.4. The Bertz CT molecular complexity index is 1350. The standard InChI is InChI=1S/C28H28N2O4/c1-18(25-17-21-9-6-12-24(33-2)26(21)34-25)29-27(31)20-13-15-30(16-14-20)28(32)23-11-5-8-19-7-3-4-10-22(19)23/h3-12,17-18,20H,13-16H2,1-2H3,(H,29,31). The number of carbonyl (C=O) groups excluding carboxylic acids is 2. The minimum absolute atomic E-state index is 0.00261. The molecule has 1 unspecified atom stereocenters. The predicted molar refractivity (Wildman–Crippen MR) is 132 cm³/mol. The van der Waals surface area contributed by atoms with Crippen molar-refractivity contribution in [2.75, 3.05) is 20.2 Å². The molecule has 1 fully saturated rings. The average Bonchev–Trinajstić information content (AvgIpc) is 3.33. The van der Waals surface area contributed by atoms with Gasteiger partial charge in [-0.15, -0.1) is 0 Å². The molecule has 1 saturated heterocycles. The lowest BCUT2D eigenvalue weighted by atomic mass is 9.94. The van der Waals surface area contributed by atoms with Gasteiger partial charge in [-0.3, -0.25) is 9.59 Å². The lowest BCUT2D eigenvalue weighted by Gasteiger charge is -2.32. The van der Waals surface area contributed by atoms with Crippen molar-refractivity contribution in [1.82, 2.24) is 10.2 Å². The number of fused-ring (bicyclic) bond motifs is 2. The normalized spacial score (nSPS) is 15.4. The van der Waals surface area contributed by atoms with Gasteiger partial charge in [-0.2, -0.15) is 0 Å². The summed E-state index contributed by atoms with van der Waals surface area (Å²) < 4.78 is 11.3. The molecule has 4 aromatic rings. The molecule has 1 aliphatic rings. The molecule has 0 bridgehead atoms. The van der Waals surface area contributed by atoms with Crippen LogP contribution in [0.1, 0.15) is 41.9 Å². The van der Waals surface area contributed by atoms with E-state index in [-0.39, 0.29) is 23.8 Å². The third-order valence-electron chi connectivity index (χ3n) is 6.71. The SMILES string of the molecule is COc1cccc2cc(C(C)NC(=O)C3CCN(C(=O)c4cccc5ccccc45)CC3)oc12. The summed E-state index contributed by atoms with van der Waals surface area (Å²) in [5.74, 6) is 1.26. The summed E-state index contributed by atoms with van der Waals surface area (Å²) in [4.78, 5) is 28.0. The molecule has 5 rings (SSSR count). The quantitative estimate of drug-likeness (QED) is 0.441. The number of hydrogen-bond acceptors (Lipinski definition) is 4. The van der Waals surface area contributed by atoms with Gasteiger partial charge in [0, 0.05) is 30.0 Å². The Morgan fingerprint density at radius 2 is 1.71 bits per heavy atom. The molecule has 0 aliphatic carbocycles. The molecule has 1 N–H and O–H groups in total. The first-order valence-electron chi connectivity index (χ1n) is 11.7. The molecule has 174 valence electrons. The van der Waals surface area contributed by atoms with Gasteiger partial charge in [0.1, 0.15) is 5.76 Å². The van der Waals surface area contributed by atoms with Crippen LogP contribution in [0, 0.1) is 5.92 Å². The second-order valence-electron chi connectivity index (χ2n) is 8.85. The first kappa shape index (κ1) is 22.0. The van der Waals surface area contributed by atoms with Crippen molar-refractivity contribution in [3.05, 3.63) is 78.1 Å². The number of nitrogens with one attached hydrogen (secondary N) is 1. The molecule has 0 saturated carbocycles. The van der Waals surface area contributed by atoms with Crippen molar-refractivity contribution in [2.24, 2.45) is 5.92 Å². The molecule has 3 aromatic carbocycles. The van der Waals surface area contributed by atoms with Crippen molar-refractivity contribution < 1.29 is 18.7 Å². The van der Waals surface area contributed by atoms with E-state index in [4.69, 9.17) is 9.15 Å². The highest BCUT2D eigenvalue weighted by molar-refractivity contribution is 6.07. The summed E-state index contributed by atoms with van der Waals surface area (Å²) in [6.45, 7) is 3.05. The Morgan fingerprint density at radius 3 is 2.50 bits per heavy atom. The molecular weight excluding hydrogens is 428 g/mol. The average molecular weight is 457 g/mol. The van der Waals surface area contributed by atoms with Crippen LogP contribution >= 0.6 is 0 Å². The predicted octanol–water partition coefficient (Wildman–Crippen LogP) is 5.32. The van der Waals surface area contributed by atoms with Crippen LogP contribution in [0.25, 0.3) is 21.7 Å². The number of carbonyl (C=O) groups is 2. The zero-order chi connectivity index (χ0) is 23.7. The molecular formula is C28H28N2O4. The summed E-state index contributed by atoms with van der Waals surface area (Å²) in [5.41, 5.74) is 1.40. The molecule has 6 heteroatoms. The summed E-state index contributed by atoms with van der Waals surface area (Å²) in [6, 6.07) is 21.2. The number of likely N-dealkylation sites (tertiary alicyclic amines) is 1. The number of hydrogen-bond donors (Lipinski definition) is 1. The minimum Gasteiger partial charge on any atom is -0.493 e. The molecule has 2 heterocycles. The van der Waals surface area contributed by atoms with E-state index in [0.717, 1.165) is 21.7 Å². The molecule has 0 spiro atoms. The summed E-state index contributed by atoms with van der Waals surface area (Å²) in [6.07, 6.45) is 1.28. The first-order valence-corrected chi connectivity index (χ1v) is 11.7. The summed E-state index contributed by atoms with van der Waals surface area (Å²) >= 11 is 0. The number of nitrogens with zero attached hydrogens (tertiary/aromatic N) is 1. The lowest BCUT2D eigenvalue weighted by molar-refractivity contribution is -0.127. The number of piperidine rings is 1. The second-order valence-corrected chi connectivity index (χ2v) is 8.85. The highest BCUT2D eigenvalue weighted by Crippen LogP contribution is 2.31. The van der Waals surface area contributed by atoms with E-state index in [1.54, 1.807) is 7.11 Å². The zero-order valence-electron chi connectivity index (χ0n) is 19.4. The highest BCUT2D eigenvalue weighted by atomic mass is 16.5. The fourth-order valence-electron chi connectivity index (χ4n) is 4.76. The molecule has 1 aromatic heterocycles. The maximum absolute atomic E-state index is 13.2. The van der Waals surface area contributed by atoms with E-state index in [0.29, 0.717) is 43.0 Å². The minimum atomic E-state index is -0.264. The number of amides is 2. The van der Waals surface area contributed by atoms with Gasteiger partial charge in [0.25, 0.3) is 5.91 Å². The monoisotopic (exact) mass is 456 g/mol. The summed E-state index contributed by atoms with van der Waals surface area (Å²) in [5, 5.41) is 6.05. The van der Waals surface area contributed by atoms with Crippen molar-refractivity contribution in [1.29, 1.82) is 0 Å². The molecule has 1 aliphatic heterocycles. The second kappa shape index (κ2) is 9.21. The first-order chi connectivity index (χ1) is 16.5. The topological polar surface area (TPSA) is 71.8 Å². The van der Waals surface area contributed by atoms with E-state index < -0.39 is 0 Å². The van der Waals surface area contributed by atoms with Gasteiger partial charge in [0.05, 0.1) is 13.2 Å². The molecule has 2 amide bonds. The van der Waals surface area contributed by atoms with Crippen LogP contribution in [-0.4, -0.2) is 36.9 Å². The maximum atomic E-state index is 13.2. The number of rotatable bonds is 5. The molecule has 1 atom stereocenters. The van der Waals surface area contributed by atoms with Crippen molar-refractivity contribution in [2.45, 2.75) is 25.8 Å². The Kier molecular flexibility index (Phi) is 5.97. The third-order valence-corrected chi connectivity index (χ3v) is 6.71. The van der Waals surface area contributed by atoms with Crippen molar-refractivity contribution in [3.63, 3.8) is 0 Å². The van der Waals surface area contributed by atoms with Gasteiger partial charge in [0.2, 0.25) is 5.91 Å². The largest absolute Gasteiger partial charge is 0.493 e.